The fraction of sp³-hybridized carbons (Fsp3) is 0.154. The van der Waals surface area contributed by atoms with Gasteiger partial charge in [-0.05, 0) is 23.8 Å². The van der Waals surface area contributed by atoms with E-state index in [1.807, 2.05) is 0 Å². The van der Waals surface area contributed by atoms with Gasteiger partial charge in [0.1, 0.15) is 0 Å². The lowest BCUT2D eigenvalue weighted by atomic mass is 10.2. The van der Waals surface area contributed by atoms with Crippen molar-refractivity contribution < 1.29 is 19.2 Å². The summed E-state index contributed by atoms with van der Waals surface area (Å²) in [5.41, 5.74) is 0.750. The standard InChI is InChI=1S/C13H10ClNO4/c14-10-4-1-9(2-5-10)3-8-13(18)19-15-11(16)6-7-12(15)17/h1-5,8H,6-7H2. The van der Waals surface area contributed by atoms with E-state index >= 15 is 0 Å². The van der Waals surface area contributed by atoms with Crippen LogP contribution in [0.2, 0.25) is 5.02 Å². The van der Waals surface area contributed by atoms with Gasteiger partial charge in [0.2, 0.25) is 0 Å². The SMILES string of the molecule is O=C(C=Cc1ccc(Cl)cc1)ON1C(=O)CCC1=O. The third kappa shape index (κ3) is 3.42. The summed E-state index contributed by atoms with van der Waals surface area (Å²) in [5, 5.41) is 1.10. The number of imide groups is 1. The monoisotopic (exact) mass is 279 g/mol. The molecule has 0 spiro atoms. The Morgan fingerprint density at radius 2 is 1.74 bits per heavy atom. The Labute approximate surface area is 114 Å². The smallest absolute Gasteiger partial charge is 0.326 e. The van der Waals surface area contributed by atoms with Crippen LogP contribution in [0.15, 0.2) is 30.3 Å². The molecule has 0 saturated carbocycles. The summed E-state index contributed by atoms with van der Waals surface area (Å²) in [4.78, 5) is 38.6. The molecule has 0 radical (unpaired) electrons. The zero-order chi connectivity index (χ0) is 13.8. The number of amides is 2. The average molecular weight is 280 g/mol. The molecule has 0 bridgehead atoms. The van der Waals surface area contributed by atoms with Crippen molar-refractivity contribution in [3.63, 3.8) is 0 Å². The van der Waals surface area contributed by atoms with E-state index in [9.17, 15) is 14.4 Å². The molecule has 0 unspecified atom stereocenters. The number of benzene rings is 1. The molecule has 1 aromatic carbocycles. The van der Waals surface area contributed by atoms with E-state index in [-0.39, 0.29) is 12.8 Å². The second-order valence-electron chi connectivity index (χ2n) is 3.88. The van der Waals surface area contributed by atoms with Crippen molar-refractivity contribution in [2.75, 3.05) is 0 Å². The largest absolute Gasteiger partial charge is 0.356 e. The third-order valence-corrected chi connectivity index (χ3v) is 2.72. The van der Waals surface area contributed by atoms with Crippen molar-refractivity contribution in [1.29, 1.82) is 0 Å². The average Bonchev–Trinajstić information content (AvgIpc) is 2.70. The number of nitrogens with zero attached hydrogens (tertiary/aromatic N) is 1. The maximum atomic E-state index is 11.4. The predicted octanol–water partition coefficient (Wildman–Crippen LogP) is 1.96. The minimum Gasteiger partial charge on any atom is -0.326 e. The lowest BCUT2D eigenvalue weighted by Crippen LogP contribution is -2.31. The molecule has 0 atom stereocenters. The van der Waals surface area contributed by atoms with E-state index in [1.165, 1.54) is 6.08 Å². The minimum atomic E-state index is -0.779. The predicted molar refractivity (Wildman–Crippen MR) is 67.7 cm³/mol. The van der Waals surface area contributed by atoms with Crippen LogP contribution in [-0.2, 0) is 19.2 Å². The summed E-state index contributed by atoms with van der Waals surface area (Å²) < 4.78 is 0. The molecule has 98 valence electrons. The maximum absolute atomic E-state index is 11.4. The fourth-order valence-corrected chi connectivity index (χ4v) is 1.64. The van der Waals surface area contributed by atoms with E-state index < -0.39 is 17.8 Å². The quantitative estimate of drug-likeness (QED) is 0.627. The van der Waals surface area contributed by atoms with Crippen LogP contribution in [-0.4, -0.2) is 22.8 Å². The molecule has 0 aromatic heterocycles. The van der Waals surface area contributed by atoms with Gasteiger partial charge >= 0.3 is 5.97 Å². The van der Waals surface area contributed by atoms with Crippen LogP contribution >= 0.6 is 11.6 Å². The topological polar surface area (TPSA) is 63.7 Å². The number of hydroxylamine groups is 2. The molecule has 1 heterocycles. The van der Waals surface area contributed by atoms with E-state index in [1.54, 1.807) is 24.3 Å². The Bertz CT molecular complexity index is 534. The second-order valence-corrected chi connectivity index (χ2v) is 4.31. The molecule has 1 aromatic rings. The Balaban J connectivity index is 1.96. The summed E-state index contributed by atoms with van der Waals surface area (Å²) >= 11 is 5.72. The van der Waals surface area contributed by atoms with Crippen LogP contribution in [0, 0.1) is 0 Å². The molecule has 1 fully saturated rings. The van der Waals surface area contributed by atoms with Crippen LogP contribution < -0.4 is 0 Å². The molecule has 19 heavy (non-hydrogen) atoms. The summed E-state index contributed by atoms with van der Waals surface area (Å²) in [6.45, 7) is 0. The highest BCUT2D eigenvalue weighted by Gasteiger charge is 2.32. The number of rotatable bonds is 3. The Morgan fingerprint density at radius 3 is 2.32 bits per heavy atom. The van der Waals surface area contributed by atoms with Gasteiger partial charge < -0.3 is 4.84 Å². The first-order valence-corrected chi connectivity index (χ1v) is 5.95. The molecule has 1 saturated heterocycles. The summed E-state index contributed by atoms with van der Waals surface area (Å²) in [6, 6.07) is 6.80. The maximum Gasteiger partial charge on any atom is 0.356 e. The van der Waals surface area contributed by atoms with Gasteiger partial charge in [0.25, 0.3) is 11.8 Å². The summed E-state index contributed by atoms with van der Waals surface area (Å²) in [6.07, 6.45) is 2.80. The molecule has 2 rings (SSSR count). The normalized spacial score (nSPS) is 15.3. The van der Waals surface area contributed by atoms with Gasteiger partial charge in [-0.15, -0.1) is 5.06 Å². The number of halogens is 1. The van der Waals surface area contributed by atoms with Gasteiger partial charge in [0.15, 0.2) is 0 Å². The molecule has 5 nitrogen and oxygen atoms in total. The third-order valence-electron chi connectivity index (χ3n) is 2.47. The van der Waals surface area contributed by atoms with Crippen molar-refractivity contribution in [3.05, 3.63) is 40.9 Å². The highest BCUT2D eigenvalue weighted by atomic mass is 35.5. The van der Waals surface area contributed by atoms with Crippen molar-refractivity contribution >= 4 is 35.5 Å². The van der Waals surface area contributed by atoms with E-state index in [4.69, 9.17) is 11.6 Å². The van der Waals surface area contributed by atoms with E-state index in [0.29, 0.717) is 10.1 Å². The van der Waals surface area contributed by atoms with Crippen molar-refractivity contribution in [2.24, 2.45) is 0 Å². The van der Waals surface area contributed by atoms with Crippen LogP contribution in [0.4, 0.5) is 0 Å². The molecule has 6 heteroatoms. The lowest BCUT2D eigenvalue weighted by molar-refractivity contribution is -0.193. The summed E-state index contributed by atoms with van der Waals surface area (Å²) in [5.74, 6) is -1.78. The summed E-state index contributed by atoms with van der Waals surface area (Å²) in [7, 11) is 0. The first-order valence-electron chi connectivity index (χ1n) is 5.57. The van der Waals surface area contributed by atoms with Gasteiger partial charge in [-0.1, -0.05) is 23.7 Å². The molecule has 1 aliphatic rings. The molecule has 0 N–H and O–H groups in total. The number of carbonyl (C=O) groups excluding carboxylic acids is 3. The van der Waals surface area contributed by atoms with Crippen molar-refractivity contribution in [3.8, 4) is 0 Å². The Hall–Kier alpha value is -2.14. The van der Waals surface area contributed by atoms with Crippen molar-refractivity contribution in [2.45, 2.75) is 12.8 Å². The van der Waals surface area contributed by atoms with Gasteiger partial charge in [-0.25, -0.2) is 4.79 Å². The van der Waals surface area contributed by atoms with E-state index in [2.05, 4.69) is 4.84 Å². The van der Waals surface area contributed by atoms with Crippen LogP contribution in [0.25, 0.3) is 6.08 Å². The first-order chi connectivity index (χ1) is 9.06. The number of hydrogen-bond acceptors (Lipinski definition) is 4. The number of carbonyl (C=O) groups is 3. The molecular weight excluding hydrogens is 270 g/mol. The van der Waals surface area contributed by atoms with E-state index in [0.717, 1.165) is 11.6 Å². The Morgan fingerprint density at radius 1 is 1.16 bits per heavy atom. The lowest BCUT2D eigenvalue weighted by Gasteiger charge is -2.10. The molecule has 2 amide bonds. The highest BCUT2D eigenvalue weighted by molar-refractivity contribution is 6.30. The van der Waals surface area contributed by atoms with Gasteiger partial charge in [0, 0.05) is 23.9 Å². The number of hydrogen-bond donors (Lipinski definition) is 0. The minimum absolute atomic E-state index is 0.0764. The van der Waals surface area contributed by atoms with Crippen LogP contribution in [0.5, 0.6) is 0 Å². The highest BCUT2D eigenvalue weighted by Crippen LogP contribution is 2.13. The molecular formula is C13H10ClNO4. The zero-order valence-electron chi connectivity index (χ0n) is 9.84. The zero-order valence-corrected chi connectivity index (χ0v) is 10.6. The van der Waals surface area contributed by atoms with Crippen LogP contribution in [0.1, 0.15) is 18.4 Å². The van der Waals surface area contributed by atoms with Crippen LogP contribution in [0.3, 0.4) is 0 Å². The molecule has 1 aliphatic heterocycles. The van der Waals surface area contributed by atoms with Gasteiger partial charge in [0.05, 0.1) is 0 Å². The molecule has 0 aliphatic carbocycles. The van der Waals surface area contributed by atoms with Gasteiger partial charge in [-0.3, -0.25) is 9.59 Å². The fourth-order valence-electron chi connectivity index (χ4n) is 1.52. The Kier molecular flexibility index (Phi) is 3.97. The first kappa shape index (κ1) is 13.3. The van der Waals surface area contributed by atoms with Gasteiger partial charge in [-0.2, -0.15) is 0 Å². The second kappa shape index (κ2) is 5.67. The van der Waals surface area contributed by atoms with Crippen molar-refractivity contribution in [1.82, 2.24) is 5.06 Å².